The molecule has 1 aromatic heterocycles. The maximum absolute atomic E-state index is 13.8. The largest absolute Gasteiger partial charge is 0.443 e. The number of rotatable bonds is 5. The number of nitrogens with zero attached hydrogens (tertiary/aromatic N) is 1. The third-order valence-electron chi connectivity index (χ3n) is 3.49. The molecule has 26 heavy (non-hydrogen) atoms. The SMILES string of the molecule is C=CC(=O)Nc1cc(NC(=O)c2ncoc2-c2ccccc2)ccc1F. The van der Waals surface area contributed by atoms with E-state index >= 15 is 0 Å². The average molecular weight is 351 g/mol. The van der Waals surface area contributed by atoms with Crippen molar-refractivity contribution in [3.63, 3.8) is 0 Å². The van der Waals surface area contributed by atoms with E-state index in [0.29, 0.717) is 11.3 Å². The second kappa shape index (κ2) is 7.43. The van der Waals surface area contributed by atoms with Crippen LogP contribution < -0.4 is 10.6 Å². The van der Waals surface area contributed by atoms with Gasteiger partial charge in [0.15, 0.2) is 17.8 Å². The van der Waals surface area contributed by atoms with Crippen LogP contribution in [0.2, 0.25) is 0 Å². The van der Waals surface area contributed by atoms with Gasteiger partial charge in [0.2, 0.25) is 5.91 Å². The molecule has 2 amide bonds. The lowest BCUT2D eigenvalue weighted by Gasteiger charge is -2.08. The average Bonchev–Trinajstić information content (AvgIpc) is 3.15. The quantitative estimate of drug-likeness (QED) is 0.684. The summed E-state index contributed by atoms with van der Waals surface area (Å²) in [6, 6.07) is 12.9. The third-order valence-corrected chi connectivity index (χ3v) is 3.49. The zero-order chi connectivity index (χ0) is 18.5. The summed E-state index contributed by atoms with van der Waals surface area (Å²) < 4.78 is 19.1. The summed E-state index contributed by atoms with van der Waals surface area (Å²) in [6.07, 6.45) is 2.20. The molecule has 3 aromatic rings. The highest BCUT2D eigenvalue weighted by Crippen LogP contribution is 2.25. The standard InChI is InChI=1S/C19H14FN3O3/c1-2-16(24)23-15-10-13(8-9-14(15)20)22-19(25)17-18(26-11-21-17)12-6-4-3-5-7-12/h2-11H,1H2,(H,22,25)(H,23,24). The van der Waals surface area contributed by atoms with Crippen molar-refractivity contribution in [3.05, 3.63) is 79.1 Å². The van der Waals surface area contributed by atoms with Gasteiger partial charge < -0.3 is 15.1 Å². The summed E-state index contributed by atoms with van der Waals surface area (Å²) >= 11 is 0. The van der Waals surface area contributed by atoms with Crippen molar-refractivity contribution >= 4 is 23.2 Å². The molecule has 6 nitrogen and oxygen atoms in total. The molecule has 2 N–H and O–H groups in total. The smallest absolute Gasteiger partial charge is 0.278 e. The summed E-state index contributed by atoms with van der Waals surface area (Å²) in [6.45, 7) is 3.31. The minimum absolute atomic E-state index is 0.0730. The monoisotopic (exact) mass is 351 g/mol. The van der Waals surface area contributed by atoms with Crippen LogP contribution in [0.15, 0.2) is 72.0 Å². The molecule has 0 spiro atoms. The fraction of sp³-hybridized carbons (Fsp3) is 0. The fourth-order valence-corrected chi connectivity index (χ4v) is 2.28. The van der Waals surface area contributed by atoms with E-state index in [0.717, 1.165) is 12.1 Å². The molecule has 7 heteroatoms. The number of amides is 2. The van der Waals surface area contributed by atoms with Gasteiger partial charge in [0.25, 0.3) is 5.91 Å². The van der Waals surface area contributed by atoms with Crippen molar-refractivity contribution < 1.29 is 18.4 Å². The predicted molar refractivity (Wildman–Crippen MR) is 95.1 cm³/mol. The van der Waals surface area contributed by atoms with Gasteiger partial charge in [0, 0.05) is 11.3 Å². The molecule has 0 aliphatic rings. The van der Waals surface area contributed by atoms with Gasteiger partial charge in [0.1, 0.15) is 5.82 Å². The first-order valence-corrected chi connectivity index (χ1v) is 7.61. The van der Waals surface area contributed by atoms with Gasteiger partial charge in [-0.1, -0.05) is 36.9 Å². The highest BCUT2D eigenvalue weighted by atomic mass is 19.1. The Morgan fingerprint density at radius 1 is 1.12 bits per heavy atom. The Bertz CT molecular complexity index is 967. The molecule has 0 saturated carbocycles. The number of hydrogen-bond donors (Lipinski definition) is 2. The number of carbonyl (C=O) groups excluding carboxylic acids is 2. The molecule has 0 aliphatic carbocycles. The molecule has 0 unspecified atom stereocenters. The molecule has 130 valence electrons. The first-order chi connectivity index (χ1) is 12.6. The molecule has 0 radical (unpaired) electrons. The van der Waals surface area contributed by atoms with E-state index in [1.165, 1.54) is 18.5 Å². The molecular formula is C19H14FN3O3. The lowest BCUT2D eigenvalue weighted by atomic mass is 10.1. The van der Waals surface area contributed by atoms with E-state index in [1.54, 1.807) is 12.1 Å². The van der Waals surface area contributed by atoms with Gasteiger partial charge >= 0.3 is 0 Å². The summed E-state index contributed by atoms with van der Waals surface area (Å²) in [5.41, 5.74) is 1.01. The summed E-state index contributed by atoms with van der Waals surface area (Å²) in [7, 11) is 0. The van der Waals surface area contributed by atoms with Crippen LogP contribution in [0.25, 0.3) is 11.3 Å². The minimum atomic E-state index is -0.635. The normalized spacial score (nSPS) is 10.2. The van der Waals surface area contributed by atoms with Gasteiger partial charge in [-0.15, -0.1) is 0 Å². The number of anilines is 2. The molecule has 0 aliphatic heterocycles. The Kier molecular flexibility index (Phi) is 4.89. The highest BCUT2D eigenvalue weighted by Gasteiger charge is 2.18. The minimum Gasteiger partial charge on any atom is -0.443 e. The molecule has 3 rings (SSSR count). The van der Waals surface area contributed by atoms with Crippen LogP contribution >= 0.6 is 0 Å². The van der Waals surface area contributed by atoms with Gasteiger partial charge in [-0.3, -0.25) is 9.59 Å². The van der Waals surface area contributed by atoms with Crippen LogP contribution in [0, 0.1) is 5.82 Å². The van der Waals surface area contributed by atoms with Crippen molar-refractivity contribution in [2.45, 2.75) is 0 Å². The van der Waals surface area contributed by atoms with Gasteiger partial charge in [-0.2, -0.15) is 0 Å². The van der Waals surface area contributed by atoms with Crippen LogP contribution in [0.4, 0.5) is 15.8 Å². The number of benzene rings is 2. The van der Waals surface area contributed by atoms with Crippen molar-refractivity contribution in [1.29, 1.82) is 0 Å². The fourth-order valence-electron chi connectivity index (χ4n) is 2.28. The lowest BCUT2D eigenvalue weighted by molar-refractivity contribution is -0.111. The number of hydrogen-bond acceptors (Lipinski definition) is 4. The number of nitrogens with one attached hydrogen (secondary N) is 2. The number of oxazole rings is 1. The number of halogens is 1. The summed E-state index contributed by atoms with van der Waals surface area (Å²) in [5.74, 6) is -1.39. The van der Waals surface area contributed by atoms with Crippen molar-refractivity contribution in [2.75, 3.05) is 10.6 Å². The van der Waals surface area contributed by atoms with E-state index in [4.69, 9.17) is 4.42 Å². The summed E-state index contributed by atoms with van der Waals surface area (Å²) in [5, 5.41) is 4.94. The summed E-state index contributed by atoms with van der Waals surface area (Å²) in [4.78, 5) is 27.8. The molecule has 0 fully saturated rings. The number of aromatic nitrogens is 1. The second-order valence-electron chi connectivity index (χ2n) is 5.24. The second-order valence-corrected chi connectivity index (χ2v) is 5.24. The first-order valence-electron chi connectivity index (χ1n) is 7.61. The molecule has 0 saturated heterocycles. The maximum Gasteiger partial charge on any atom is 0.278 e. The molecule has 0 bridgehead atoms. The Morgan fingerprint density at radius 3 is 2.62 bits per heavy atom. The Morgan fingerprint density at radius 2 is 1.88 bits per heavy atom. The van der Waals surface area contributed by atoms with E-state index in [1.807, 2.05) is 18.2 Å². The van der Waals surface area contributed by atoms with Crippen molar-refractivity contribution in [1.82, 2.24) is 4.98 Å². The van der Waals surface area contributed by atoms with Gasteiger partial charge in [-0.05, 0) is 24.3 Å². The zero-order valence-corrected chi connectivity index (χ0v) is 13.5. The number of carbonyl (C=O) groups is 2. The molecule has 1 heterocycles. The maximum atomic E-state index is 13.8. The van der Waals surface area contributed by atoms with Crippen LogP contribution in [0.5, 0.6) is 0 Å². The Labute approximate surface area is 148 Å². The van der Waals surface area contributed by atoms with Crippen LogP contribution in [0.3, 0.4) is 0 Å². The lowest BCUT2D eigenvalue weighted by Crippen LogP contribution is -2.14. The highest BCUT2D eigenvalue weighted by molar-refractivity contribution is 6.07. The zero-order valence-electron chi connectivity index (χ0n) is 13.5. The molecule has 2 aromatic carbocycles. The third kappa shape index (κ3) is 3.67. The van der Waals surface area contributed by atoms with Crippen LogP contribution in [0.1, 0.15) is 10.5 Å². The van der Waals surface area contributed by atoms with E-state index in [-0.39, 0.29) is 17.1 Å². The van der Waals surface area contributed by atoms with Crippen LogP contribution in [-0.4, -0.2) is 16.8 Å². The van der Waals surface area contributed by atoms with Crippen molar-refractivity contribution in [2.24, 2.45) is 0 Å². The van der Waals surface area contributed by atoms with E-state index < -0.39 is 17.6 Å². The predicted octanol–water partition coefficient (Wildman–Crippen LogP) is 3.86. The first kappa shape index (κ1) is 17.1. The molecule has 0 atom stereocenters. The van der Waals surface area contributed by atoms with Crippen LogP contribution in [-0.2, 0) is 4.79 Å². The van der Waals surface area contributed by atoms with Crippen molar-refractivity contribution in [3.8, 4) is 11.3 Å². The van der Waals surface area contributed by atoms with E-state index in [9.17, 15) is 14.0 Å². The van der Waals surface area contributed by atoms with Gasteiger partial charge in [-0.25, -0.2) is 9.37 Å². The topological polar surface area (TPSA) is 84.2 Å². The Balaban J connectivity index is 1.83. The van der Waals surface area contributed by atoms with Gasteiger partial charge in [0.05, 0.1) is 5.69 Å². The van der Waals surface area contributed by atoms with E-state index in [2.05, 4.69) is 22.2 Å². The Hall–Kier alpha value is -3.74. The molecular weight excluding hydrogens is 337 g/mol.